The van der Waals surface area contributed by atoms with Gasteiger partial charge in [0.05, 0.1) is 0 Å². The van der Waals surface area contributed by atoms with Crippen molar-refractivity contribution in [3.8, 4) is 0 Å². The smallest absolute Gasteiger partial charge is 0.122 e. The number of rotatable bonds is 4. The summed E-state index contributed by atoms with van der Waals surface area (Å²) in [6, 6.07) is 0. The van der Waals surface area contributed by atoms with E-state index in [1.54, 1.807) is 0 Å². The van der Waals surface area contributed by atoms with E-state index in [0.717, 1.165) is 19.1 Å². The van der Waals surface area contributed by atoms with Gasteiger partial charge in [0.1, 0.15) is 6.29 Å². The molecule has 0 saturated carbocycles. The fraction of sp³-hybridized carbons (Fsp3) is 0.833. The van der Waals surface area contributed by atoms with Gasteiger partial charge in [-0.15, -0.1) is 11.6 Å². The highest BCUT2D eigenvalue weighted by Crippen LogP contribution is 2.01. The van der Waals surface area contributed by atoms with Crippen molar-refractivity contribution in [1.29, 1.82) is 0 Å². The second-order valence-electron chi connectivity index (χ2n) is 1.94. The highest BCUT2D eigenvalue weighted by Gasteiger charge is 1.95. The van der Waals surface area contributed by atoms with Crippen LogP contribution in [0.1, 0.15) is 19.8 Å². The van der Waals surface area contributed by atoms with Crippen LogP contribution in [-0.2, 0) is 4.79 Å². The first kappa shape index (κ1) is 7.96. The Labute approximate surface area is 55.0 Å². The summed E-state index contributed by atoms with van der Waals surface area (Å²) in [7, 11) is 0. The molecule has 0 radical (unpaired) electrons. The lowest BCUT2D eigenvalue weighted by Gasteiger charge is -1.97. The van der Waals surface area contributed by atoms with Gasteiger partial charge in [-0.2, -0.15) is 0 Å². The molecule has 0 fully saturated rings. The van der Waals surface area contributed by atoms with Crippen molar-refractivity contribution in [1.82, 2.24) is 0 Å². The summed E-state index contributed by atoms with van der Waals surface area (Å²) >= 11 is 5.39. The summed E-state index contributed by atoms with van der Waals surface area (Å²) in [5, 5.41) is 0. The van der Waals surface area contributed by atoms with Gasteiger partial charge < -0.3 is 4.79 Å². The van der Waals surface area contributed by atoms with Crippen LogP contribution in [-0.4, -0.2) is 12.2 Å². The Morgan fingerprint density at radius 3 is 2.75 bits per heavy atom. The van der Waals surface area contributed by atoms with E-state index in [0.29, 0.717) is 5.88 Å². The lowest BCUT2D eigenvalue weighted by Crippen LogP contribution is -1.94. The van der Waals surface area contributed by atoms with Gasteiger partial charge >= 0.3 is 0 Å². The van der Waals surface area contributed by atoms with Crippen molar-refractivity contribution >= 4 is 17.9 Å². The Bertz CT molecular complexity index is 63.5. The number of carbonyl (C=O) groups excluding carboxylic acids is 1. The zero-order chi connectivity index (χ0) is 6.41. The highest BCUT2D eigenvalue weighted by molar-refractivity contribution is 6.17. The third kappa shape index (κ3) is 4.13. The normalized spacial score (nSPS) is 13.2. The minimum Gasteiger partial charge on any atom is -0.303 e. The van der Waals surface area contributed by atoms with Gasteiger partial charge in [-0.25, -0.2) is 0 Å². The van der Waals surface area contributed by atoms with E-state index in [1.165, 1.54) is 0 Å². The molecule has 0 aromatic carbocycles. The van der Waals surface area contributed by atoms with Crippen LogP contribution in [0.3, 0.4) is 0 Å². The second-order valence-corrected chi connectivity index (χ2v) is 2.32. The first-order chi connectivity index (χ1) is 3.81. The van der Waals surface area contributed by atoms with Crippen molar-refractivity contribution in [3.05, 3.63) is 0 Å². The lowest BCUT2D eigenvalue weighted by atomic mass is 10.1. The molecule has 0 saturated heterocycles. The zero-order valence-electron chi connectivity index (χ0n) is 5.06. The number of hydrogen-bond donors (Lipinski definition) is 0. The molecule has 1 nitrogen and oxygen atoms in total. The molecule has 0 rings (SSSR count). The molecule has 1 unspecified atom stereocenters. The van der Waals surface area contributed by atoms with Gasteiger partial charge in [-0.1, -0.05) is 6.92 Å². The topological polar surface area (TPSA) is 17.1 Å². The maximum atomic E-state index is 9.97. The SMILES string of the molecule is CC(C=O)CCCCl. The van der Waals surface area contributed by atoms with E-state index < -0.39 is 0 Å². The minimum atomic E-state index is 0.189. The number of carbonyl (C=O) groups is 1. The monoisotopic (exact) mass is 134 g/mol. The third-order valence-electron chi connectivity index (χ3n) is 1.03. The van der Waals surface area contributed by atoms with Gasteiger partial charge in [-0.05, 0) is 12.8 Å². The average Bonchev–Trinajstić information content (AvgIpc) is 1.83. The number of aldehydes is 1. The van der Waals surface area contributed by atoms with Crippen LogP contribution in [0.25, 0.3) is 0 Å². The molecule has 0 spiro atoms. The second kappa shape index (κ2) is 5.10. The molecule has 0 aromatic rings. The van der Waals surface area contributed by atoms with Crippen LogP contribution < -0.4 is 0 Å². The molecule has 48 valence electrons. The zero-order valence-corrected chi connectivity index (χ0v) is 5.82. The van der Waals surface area contributed by atoms with Gasteiger partial charge in [0.25, 0.3) is 0 Å². The highest BCUT2D eigenvalue weighted by atomic mass is 35.5. The van der Waals surface area contributed by atoms with E-state index in [9.17, 15) is 4.79 Å². The van der Waals surface area contributed by atoms with Crippen molar-refractivity contribution in [2.75, 3.05) is 5.88 Å². The van der Waals surface area contributed by atoms with Crippen LogP contribution in [0, 0.1) is 5.92 Å². The number of hydrogen-bond acceptors (Lipinski definition) is 1. The molecule has 0 amide bonds. The molecule has 0 aliphatic heterocycles. The van der Waals surface area contributed by atoms with Crippen LogP contribution in [0.4, 0.5) is 0 Å². The molecule has 1 atom stereocenters. The molecule has 0 bridgehead atoms. The van der Waals surface area contributed by atoms with Crippen LogP contribution in [0.15, 0.2) is 0 Å². The Kier molecular flexibility index (Phi) is 5.08. The standard InChI is InChI=1S/C6H11ClO/c1-6(5-8)3-2-4-7/h5-6H,2-4H2,1H3. The number of halogens is 1. The molecule has 0 aromatic heterocycles. The average molecular weight is 135 g/mol. The molecular weight excluding hydrogens is 124 g/mol. The summed E-state index contributed by atoms with van der Waals surface area (Å²) in [6.07, 6.45) is 2.83. The Balaban J connectivity index is 2.98. The van der Waals surface area contributed by atoms with Gasteiger partial charge in [-0.3, -0.25) is 0 Å². The van der Waals surface area contributed by atoms with E-state index >= 15 is 0 Å². The van der Waals surface area contributed by atoms with E-state index in [-0.39, 0.29) is 5.92 Å². The van der Waals surface area contributed by atoms with Gasteiger partial charge in [0, 0.05) is 11.8 Å². The van der Waals surface area contributed by atoms with Crippen molar-refractivity contribution in [3.63, 3.8) is 0 Å². The van der Waals surface area contributed by atoms with Crippen molar-refractivity contribution in [2.24, 2.45) is 5.92 Å². The van der Waals surface area contributed by atoms with Crippen molar-refractivity contribution < 1.29 is 4.79 Å². The predicted octanol–water partition coefficient (Wildman–Crippen LogP) is 1.84. The summed E-state index contributed by atoms with van der Waals surface area (Å²) in [4.78, 5) is 9.97. The summed E-state index contributed by atoms with van der Waals surface area (Å²) in [6.45, 7) is 1.90. The fourth-order valence-electron chi connectivity index (χ4n) is 0.467. The fourth-order valence-corrected chi connectivity index (χ4v) is 0.621. The van der Waals surface area contributed by atoms with E-state index in [2.05, 4.69) is 0 Å². The maximum Gasteiger partial charge on any atom is 0.122 e. The first-order valence-corrected chi connectivity index (χ1v) is 3.36. The van der Waals surface area contributed by atoms with Gasteiger partial charge in [0.15, 0.2) is 0 Å². The van der Waals surface area contributed by atoms with E-state index in [4.69, 9.17) is 11.6 Å². The third-order valence-corrected chi connectivity index (χ3v) is 1.29. The summed E-state index contributed by atoms with van der Waals surface area (Å²) < 4.78 is 0. The van der Waals surface area contributed by atoms with Crippen LogP contribution in [0.5, 0.6) is 0 Å². The summed E-state index contributed by atoms with van der Waals surface area (Å²) in [5.74, 6) is 0.854. The Hall–Kier alpha value is -0.0400. The number of alkyl halides is 1. The van der Waals surface area contributed by atoms with Crippen LogP contribution >= 0.6 is 11.6 Å². The largest absolute Gasteiger partial charge is 0.303 e. The maximum absolute atomic E-state index is 9.97. The van der Waals surface area contributed by atoms with Crippen molar-refractivity contribution in [2.45, 2.75) is 19.8 Å². The Morgan fingerprint density at radius 1 is 1.75 bits per heavy atom. The van der Waals surface area contributed by atoms with E-state index in [1.807, 2.05) is 6.92 Å². The van der Waals surface area contributed by atoms with Gasteiger partial charge in [0.2, 0.25) is 0 Å². The molecule has 0 aliphatic carbocycles. The quantitative estimate of drug-likeness (QED) is 0.424. The molecular formula is C6H11ClO. The molecule has 2 heteroatoms. The molecule has 0 N–H and O–H groups in total. The Morgan fingerprint density at radius 2 is 2.38 bits per heavy atom. The minimum absolute atomic E-state index is 0.189. The molecule has 0 aliphatic rings. The predicted molar refractivity (Wildman–Crippen MR) is 35.2 cm³/mol. The molecule has 8 heavy (non-hydrogen) atoms. The van der Waals surface area contributed by atoms with Crippen LogP contribution in [0.2, 0.25) is 0 Å². The summed E-state index contributed by atoms with van der Waals surface area (Å²) in [5.41, 5.74) is 0. The first-order valence-electron chi connectivity index (χ1n) is 2.82. The lowest BCUT2D eigenvalue weighted by molar-refractivity contribution is -0.110. The molecule has 0 heterocycles.